The first-order chi connectivity index (χ1) is 15.0. The number of hydrogen-bond acceptors (Lipinski definition) is 6. The highest BCUT2D eigenvalue weighted by atomic mass is 35.5. The lowest BCUT2D eigenvalue weighted by molar-refractivity contribution is -0.111. The normalized spacial score (nSPS) is 10.2. The summed E-state index contributed by atoms with van der Waals surface area (Å²) in [4.78, 5) is 27.6. The van der Waals surface area contributed by atoms with Crippen LogP contribution in [0.5, 0.6) is 23.1 Å². The van der Waals surface area contributed by atoms with Crippen LogP contribution in [-0.4, -0.2) is 31.0 Å². The number of nitrogens with zero attached hydrogens (tertiary/aromatic N) is 1. The summed E-state index contributed by atoms with van der Waals surface area (Å²) in [6.07, 6.45) is 4.50. The third kappa shape index (κ3) is 6.48. The summed E-state index contributed by atoms with van der Waals surface area (Å²) in [6.45, 7) is 0. The minimum atomic E-state index is -0.545. The van der Waals surface area contributed by atoms with Crippen LogP contribution in [0.3, 0.4) is 0 Å². The van der Waals surface area contributed by atoms with Crippen LogP contribution in [-0.2, 0) is 4.79 Å². The minimum absolute atomic E-state index is 0. The molecule has 166 valence electrons. The maximum absolute atomic E-state index is 12.2. The summed E-state index contributed by atoms with van der Waals surface area (Å²) in [6, 6.07) is 15.0. The second-order valence-electron chi connectivity index (χ2n) is 6.31. The first-order valence-corrected chi connectivity index (χ1v) is 9.23. The molecule has 0 aliphatic rings. The second kappa shape index (κ2) is 11.4. The average Bonchev–Trinajstić information content (AvgIpc) is 2.79. The molecule has 0 spiro atoms. The van der Waals surface area contributed by atoms with Gasteiger partial charge in [-0.1, -0.05) is 6.07 Å². The first-order valence-electron chi connectivity index (χ1n) is 9.23. The van der Waals surface area contributed by atoms with Crippen LogP contribution in [0.1, 0.15) is 15.9 Å². The molecule has 3 N–H and O–H groups in total. The molecule has 3 aromatic rings. The van der Waals surface area contributed by atoms with E-state index in [2.05, 4.69) is 10.3 Å². The van der Waals surface area contributed by atoms with E-state index >= 15 is 0 Å². The van der Waals surface area contributed by atoms with Crippen LogP contribution in [0, 0.1) is 0 Å². The van der Waals surface area contributed by atoms with Gasteiger partial charge in [-0.25, -0.2) is 4.98 Å². The highest BCUT2D eigenvalue weighted by molar-refractivity contribution is 6.02. The summed E-state index contributed by atoms with van der Waals surface area (Å²) in [5.41, 5.74) is 6.83. The summed E-state index contributed by atoms with van der Waals surface area (Å²) >= 11 is 0. The van der Waals surface area contributed by atoms with E-state index in [-0.39, 0.29) is 18.3 Å². The molecule has 1 heterocycles. The minimum Gasteiger partial charge on any atom is -0.497 e. The number of hydrogen-bond donors (Lipinski definition) is 2. The van der Waals surface area contributed by atoms with Crippen LogP contribution in [0.2, 0.25) is 0 Å². The lowest BCUT2D eigenvalue weighted by Gasteiger charge is -2.08. The topological polar surface area (TPSA) is 113 Å². The summed E-state index contributed by atoms with van der Waals surface area (Å²) in [7, 11) is 3.12. The number of carbonyl (C=O) groups is 2. The average molecular weight is 456 g/mol. The predicted octanol–water partition coefficient (Wildman–Crippen LogP) is 4.06. The molecule has 0 atom stereocenters. The highest BCUT2D eigenvalue weighted by Gasteiger charge is 2.06. The number of carbonyl (C=O) groups excluding carboxylic acids is 2. The summed E-state index contributed by atoms with van der Waals surface area (Å²) in [5, 5.41) is 2.72. The molecule has 0 radical (unpaired) electrons. The number of rotatable bonds is 8. The molecule has 3 rings (SSSR count). The number of benzene rings is 2. The molecular formula is C23H22ClN3O5. The van der Waals surface area contributed by atoms with Gasteiger partial charge in [0.2, 0.25) is 17.7 Å². The van der Waals surface area contributed by atoms with Crippen molar-refractivity contribution in [3.8, 4) is 23.1 Å². The van der Waals surface area contributed by atoms with Gasteiger partial charge >= 0.3 is 0 Å². The van der Waals surface area contributed by atoms with Gasteiger partial charge in [-0.3, -0.25) is 9.59 Å². The standard InChI is InChI=1S/C23H21N3O5.ClH/c1-29-18-9-6-15(20(13-18)30-2)7-10-21(27)26-17-8-11-22(25-14-17)31-19-5-3-4-16(12-19)23(24)28;/h3-14H,1-2H3,(H2,24,28)(H,26,27);1H/b10-7+;. The molecule has 0 saturated heterocycles. The lowest BCUT2D eigenvalue weighted by Crippen LogP contribution is -2.10. The molecule has 8 nitrogen and oxygen atoms in total. The number of nitrogens with one attached hydrogen (secondary N) is 1. The first kappa shape index (κ1) is 24.2. The fourth-order valence-electron chi connectivity index (χ4n) is 2.65. The van der Waals surface area contributed by atoms with Crippen molar-refractivity contribution < 1.29 is 23.8 Å². The van der Waals surface area contributed by atoms with E-state index in [1.807, 2.05) is 0 Å². The van der Waals surface area contributed by atoms with E-state index in [1.54, 1.807) is 68.8 Å². The Morgan fingerprint density at radius 1 is 1.00 bits per heavy atom. The number of halogens is 1. The molecule has 0 fully saturated rings. The van der Waals surface area contributed by atoms with E-state index in [9.17, 15) is 9.59 Å². The maximum Gasteiger partial charge on any atom is 0.248 e. The van der Waals surface area contributed by atoms with Crippen molar-refractivity contribution in [3.05, 3.63) is 78.0 Å². The maximum atomic E-state index is 12.2. The third-order valence-electron chi connectivity index (χ3n) is 4.20. The van der Waals surface area contributed by atoms with E-state index in [1.165, 1.54) is 18.3 Å². The molecule has 0 aliphatic heterocycles. The molecule has 2 amide bonds. The Balaban J connectivity index is 0.00000363. The van der Waals surface area contributed by atoms with Gasteiger partial charge < -0.3 is 25.3 Å². The Morgan fingerprint density at radius 3 is 2.47 bits per heavy atom. The van der Waals surface area contributed by atoms with Crippen molar-refractivity contribution in [2.45, 2.75) is 0 Å². The SMILES string of the molecule is COc1ccc(/C=C/C(=O)Nc2ccc(Oc3cccc(C(N)=O)c3)nc2)c(OC)c1.Cl. The summed E-state index contributed by atoms with van der Waals surface area (Å²) in [5.74, 6) is 1.11. The number of amides is 2. The van der Waals surface area contributed by atoms with E-state index in [4.69, 9.17) is 19.9 Å². The van der Waals surface area contributed by atoms with Crippen LogP contribution in [0.25, 0.3) is 6.08 Å². The Labute approximate surface area is 191 Å². The molecule has 9 heteroatoms. The number of nitrogens with two attached hydrogens (primary N) is 1. The van der Waals surface area contributed by atoms with E-state index in [0.29, 0.717) is 34.4 Å². The molecule has 1 aromatic heterocycles. The van der Waals surface area contributed by atoms with Gasteiger partial charge in [-0.15, -0.1) is 12.4 Å². The van der Waals surface area contributed by atoms with Gasteiger partial charge in [0.15, 0.2) is 0 Å². The molecule has 0 unspecified atom stereocenters. The Morgan fingerprint density at radius 2 is 1.81 bits per heavy atom. The zero-order valence-electron chi connectivity index (χ0n) is 17.4. The molecule has 0 aliphatic carbocycles. The monoisotopic (exact) mass is 455 g/mol. The Bertz CT molecular complexity index is 1120. The van der Waals surface area contributed by atoms with Gasteiger partial charge in [-0.2, -0.15) is 0 Å². The van der Waals surface area contributed by atoms with Crippen molar-refractivity contribution >= 4 is 36.0 Å². The molecular weight excluding hydrogens is 434 g/mol. The fraction of sp³-hybridized carbons (Fsp3) is 0.0870. The third-order valence-corrected chi connectivity index (χ3v) is 4.20. The van der Waals surface area contributed by atoms with E-state index in [0.717, 1.165) is 5.56 Å². The molecule has 0 bridgehead atoms. The van der Waals surface area contributed by atoms with Crippen LogP contribution in [0.15, 0.2) is 66.9 Å². The number of methoxy groups -OCH3 is 2. The second-order valence-corrected chi connectivity index (χ2v) is 6.31. The van der Waals surface area contributed by atoms with Gasteiger partial charge in [0.25, 0.3) is 0 Å². The van der Waals surface area contributed by atoms with Crippen LogP contribution < -0.4 is 25.3 Å². The predicted molar refractivity (Wildman–Crippen MR) is 124 cm³/mol. The molecule has 0 saturated carbocycles. The number of aromatic nitrogens is 1. The van der Waals surface area contributed by atoms with Gasteiger partial charge in [-0.05, 0) is 42.5 Å². The van der Waals surface area contributed by atoms with Gasteiger partial charge in [0.1, 0.15) is 17.2 Å². The highest BCUT2D eigenvalue weighted by Crippen LogP contribution is 2.26. The van der Waals surface area contributed by atoms with Crippen LogP contribution >= 0.6 is 12.4 Å². The van der Waals surface area contributed by atoms with Crippen molar-refractivity contribution in [3.63, 3.8) is 0 Å². The van der Waals surface area contributed by atoms with Crippen molar-refractivity contribution in [2.24, 2.45) is 5.73 Å². The Hall–Kier alpha value is -4.04. The number of pyridine rings is 1. The van der Waals surface area contributed by atoms with Gasteiger partial charge in [0, 0.05) is 29.3 Å². The van der Waals surface area contributed by atoms with Crippen LogP contribution in [0.4, 0.5) is 5.69 Å². The number of ether oxygens (including phenoxy) is 3. The quantitative estimate of drug-likeness (QED) is 0.495. The van der Waals surface area contributed by atoms with Crippen molar-refractivity contribution in [2.75, 3.05) is 19.5 Å². The number of anilines is 1. The van der Waals surface area contributed by atoms with E-state index < -0.39 is 5.91 Å². The van der Waals surface area contributed by atoms with Crippen molar-refractivity contribution in [1.29, 1.82) is 0 Å². The largest absolute Gasteiger partial charge is 0.497 e. The number of primary amides is 1. The zero-order chi connectivity index (χ0) is 22.2. The fourth-order valence-corrected chi connectivity index (χ4v) is 2.65. The Kier molecular flexibility index (Phi) is 8.62. The zero-order valence-corrected chi connectivity index (χ0v) is 18.2. The molecule has 2 aromatic carbocycles. The van der Waals surface area contributed by atoms with Gasteiger partial charge in [0.05, 0.1) is 26.1 Å². The smallest absolute Gasteiger partial charge is 0.248 e. The summed E-state index contributed by atoms with van der Waals surface area (Å²) < 4.78 is 16.1. The molecule has 32 heavy (non-hydrogen) atoms. The lowest BCUT2D eigenvalue weighted by atomic mass is 10.1. The van der Waals surface area contributed by atoms with Crippen molar-refractivity contribution in [1.82, 2.24) is 4.98 Å².